The minimum atomic E-state index is 0.0306. The van der Waals surface area contributed by atoms with E-state index in [2.05, 4.69) is 15.6 Å². The fourth-order valence-electron chi connectivity index (χ4n) is 3.39. The highest BCUT2D eigenvalue weighted by Crippen LogP contribution is 2.21. The molecule has 6 heteroatoms. The Bertz CT molecular complexity index is 957. The normalized spacial score (nSPS) is 15.6. The molecule has 0 unspecified atom stereocenters. The van der Waals surface area contributed by atoms with E-state index >= 15 is 0 Å². The lowest BCUT2D eigenvalue weighted by Crippen LogP contribution is -2.23. The third-order valence-corrected chi connectivity index (χ3v) is 4.91. The number of fused-ring (bicyclic) bond motifs is 1. The zero-order valence-electron chi connectivity index (χ0n) is 15.1. The lowest BCUT2D eigenvalue weighted by molar-refractivity contribution is -0.0401. The van der Waals surface area contributed by atoms with Gasteiger partial charge in [0.05, 0.1) is 24.6 Å². The van der Waals surface area contributed by atoms with Crippen LogP contribution in [0.1, 0.15) is 24.1 Å². The van der Waals surface area contributed by atoms with E-state index in [9.17, 15) is 4.79 Å². The first-order chi connectivity index (χ1) is 12.6. The van der Waals surface area contributed by atoms with Crippen LogP contribution in [-0.2, 0) is 23.1 Å². The minimum absolute atomic E-state index is 0.0306. The van der Waals surface area contributed by atoms with Gasteiger partial charge in [0.25, 0.3) is 5.56 Å². The first kappa shape index (κ1) is 17.0. The average molecular weight is 353 g/mol. The fourth-order valence-corrected chi connectivity index (χ4v) is 3.39. The lowest BCUT2D eigenvalue weighted by atomic mass is 10.1. The maximum absolute atomic E-state index is 11.9. The van der Waals surface area contributed by atoms with Crippen LogP contribution < -0.4 is 5.56 Å². The van der Waals surface area contributed by atoms with Gasteiger partial charge in [-0.3, -0.25) is 4.79 Å². The van der Waals surface area contributed by atoms with Crippen molar-refractivity contribution in [3.05, 3.63) is 58.4 Å². The number of hydrogen-bond donors (Lipinski definition) is 0. The molecule has 1 aliphatic rings. The predicted octanol–water partition coefficient (Wildman–Crippen LogP) is 2.70. The molecule has 136 valence electrons. The number of aryl methyl sites for hydroxylation is 2. The molecular weight excluding hydrogens is 330 g/mol. The van der Waals surface area contributed by atoms with Crippen molar-refractivity contribution in [3.63, 3.8) is 0 Å². The van der Waals surface area contributed by atoms with Crippen molar-refractivity contribution >= 4 is 5.65 Å². The Hall–Kier alpha value is -2.44. The van der Waals surface area contributed by atoms with Crippen LogP contribution in [0.5, 0.6) is 0 Å². The van der Waals surface area contributed by atoms with Gasteiger partial charge in [-0.15, -0.1) is 0 Å². The van der Waals surface area contributed by atoms with Crippen LogP contribution in [0.15, 0.2) is 41.6 Å². The Morgan fingerprint density at radius 1 is 1.23 bits per heavy atom. The number of ether oxygens (including phenoxy) is 2. The molecule has 0 atom stereocenters. The number of nitrogens with zero attached hydrogens (tertiary/aromatic N) is 3. The van der Waals surface area contributed by atoms with Crippen molar-refractivity contribution in [1.82, 2.24) is 14.0 Å². The summed E-state index contributed by atoms with van der Waals surface area (Å²) in [4.78, 5) is 16.4. The molecule has 0 amide bonds. The summed E-state index contributed by atoms with van der Waals surface area (Å²) in [7, 11) is 1.78. The Morgan fingerprint density at radius 3 is 2.81 bits per heavy atom. The van der Waals surface area contributed by atoms with Gasteiger partial charge >= 0.3 is 0 Å². The molecule has 0 aromatic carbocycles. The van der Waals surface area contributed by atoms with Gasteiger partial charge in [-0.25, -0.2) is 4.98 Å². The fraction of sp³-hybridized carbons (Fsp3) is 0.400. The highest BCUT2D eigenvalue weighted by Gasteiger charge is 2.15. The smallest absolute Gasteiger partial charge is 0.253 e. The number of rotatable bonds is 4. The van der Waals surface area contributed by atoms with Gasteiger partial charge in [-0.1, -0.05) is 0 Å². The van der Waals surface area contributed by atoms with Crippen LogP contribution in [0.4, 0.5) is 0 Å². The van der Waals surface area contributed by atoms with Crippen LogP contribution in [0.3, 0.4) is 0 Å². The molecule has 26 heavy (non-hydrogen) atoms. The molecule has 0 N–H and O–H groups in total. The number of pyridine rings is 2. The lowest BCUT2D eigenvalue weighted by Gasteiger charge is -2.22. The van der Waals surface area contributed by atoms with E-state index in [4.69, 9.17) is 9.47 Å². The Kier molecular flexibility index (Phi) is 4.61. The third-order valence-electron chi connectivity index (χ3n) is 4.91. The second-order valence-corrected chi connectivity index (χ2v) is 6.85. The molecule has 3 aromatic rings. The molecule has 1 fully saturated rings. The molecule has 6 nitrogen and oxygen atoms in total. The summed E-state index contributed by atoms with van der Waals surface area (Å²) in [5, 5.41) is 0. The van der Waals surface area contributed by atoms with Crippen molar-refractivity contribution in [2.24, 2.45) is 7.05 Å². The van der Waals surface area contributed by atoms with E-state index in [1.807, 2.05) is 37.5 Å². The van der Waals surface area contributed by atoms with Crippen LogP contribution in [-0.4, -0.2) is 33.3 Å². The Balaban J connectivity index is 1.63. The summed E-state index contributed by atoms with van der Waals surface area (Å²) in [6, 6.07) is 5.96. The highest BCUT2D eigenvalue weighted by atomic mass is 16.5. The van der Waals surface area contributed by atoms with Crippen molar-refractivity contribution in [1.29, 1.82) is 0 Å². The van der Waals surface area contributed by atoms with E-state index in [0.29, 0.717) is 6.61 Å². The molecule has 0 radical (unpaired) electrons. The quantitative estimate of drug-likeness (QED) is 0.724. The highest BCUT2D eigenvalue weighted by molar-refractivity contribution is 5.64. The second-order valence-electron chi connectivity index (χ2n) is 6.85. The molecule has 1 saturated heterocycles. The van der Waals surface area contributed by atoms with Crippen LogP contribution >= 0.6 is 0 Å². The standard InChI is InChI=1S/C20H23N3O3/c1-14-9-16(11-22(2)20(14)24)15-3-4-19-21-10-17(23(19)12-15)13-26-18-5-7-25-8-6-18/h3-4,9-12,18H,5-8,13H2,1-2H3. The molecule has 0 aliphatic carbocycles. The van der Waals surface area contributed by atoms with Crippen molar-refractivity contribution < 1.29 is 9.47 Å². The molecule has 4 rings (SSSR count). The van der Waals surface area contributed by atoms with Gasteiger partial charge < -0.3 is 18.4 Å². The maximum atomic E-state index is 11.9. The van der Waals surface area contributed by atoms with E-state index in [0.717, 1.165) is 54.1 Å². The van der Waals surface area contributed by atoms with Crippen molar-refractivity contribution in [3.8, 4) is 11.1 Å². The topological polar surface area (TPSA) is 57.8 Å². The number of hydrogen-bond acceptors (Lipinski definition) is 4. The van der Waals surface area contributed by atoms with Gasteiger partial charge in [-0.2, -0.15) is 0 Å². The average Bonchev–Trinajstić information content (AvgIpc) is 3.07. The van der Waals surface area contributed by atoms with Gasteiger partial charge in [0, 0.05) is 38.2 Å². The summed E-state index contributed by atoms with van der Waals surface area (Å²) in [5.41, 5.74) is 4.73. The van der Waals surface area contributed by atoms with E-state index in [1.54, 1.807) is 11.6 Å². The van der Waals surface area contributed by atoms with Gasteiger partial charge in [0.1, 0.15) is 5.65 Å². The van der Waals surface area contributed by atoms with Gasteiger partial charge in [-0.05, 0) is 49.1 Å². The molecule has 4 heterocycles. The van der Waals surface area contributed by atoms with E-state index < -0.39 is 0 Å². The SMILES string of the molecule is Cc1cc(-c2ccc3ncc(COC4CCOCC4)n3c2)cn(C)c1=O. The second kappa shape index (κ2) is 7.05. The van der Waals surface area contributed by atoms with E-state index in [1.165, 1.54) is 0 Å². The van der Waals surface area contributed by atoms with Crippen molar-refractivity contribution in [2.75, 3.05) is 13.2 Å². The van der Waals surface area contributed by atoms with E-state index in [-0.39, 0.29) is 11.7 Å². The first-order valence-electron chi connectivity index (χ1n) is 8.95. The maximum Gasteiger partial charge on any atom is 0.253 e. The van der Waals surface area contributed by atoms with Crippen molar-refractivity contribution in [2.45, 2.75) is 32.5 Å². The minimum Gasteiger partial charge on any atom is -0.381 e. The van der Waals surface area contributed by atoms with Gasteiger partial charge in [0.15, 0.2) is 0 Å². The third kappa shape index (κ3) is 3.30. The molecule has 0 bridgehead atoms. The first-order valence-corrected chi connectivity index (χ1v) is 8.95. The largest absolute Gasteiger partial charge is 0.381 e. The zero-order chi connectivity index (χ0) is 18.1. The summed E-state index contributed by atoms with van der Waals surface area (Å²) in [5.74, 6) is 0. The summed E-state index contributed by atoms with van der Waals surface area (Å²) >= 11 is 0. The molecule has 0 saturated carbocycles. The predicted molar refractivity (Wildman–Crippen MR) is 99.2 cm³/mol. The molecule has 0 spiro atoms. The molecule has 3 aromatic heterocycles. The van der Waals surface area contributed by atoms with Crippen LogP contribution in [0.25, 0.3) is 16.8 Å². The number of imidazole rings is 1. The van der Waals surface area contributed by atoms with Gasteiger partial charge in [0.2, 0.25) is 0 Å². The summed E-state index contributed by atoms with van der Waals surface area (Å²) < 4.78 is 15.1. The number of aromatic nitrogens is 3. The molecular formula is C20H23N3O3. The Labute approximate surface area is 152 Å². The Morgan fingerprint density at radius 2 is 2.04 bits per heavy atom. The van der Waals surface area contributed by atoms with Crippen LogP contribution in [0, 0.1) is 6.92 Å². The summed E-state index contributed by atoms with van der Waals surface area (Å²) in [6.45, 7) is 3.92. The molecule has 1 aliphatic heterocycles. The monoisotopic (exact) mass is 353 g/mol. The summed E-state index contributed by atoms with van der Waals surface area (Å²) in [6.07, 6.45) is 7.93. The van der Waals surface area contributed by atoms with Crippen LogP contribution in [0.2, 0.25) is 0 Å². The zero-order valence-corrected chi connectivity index (χ0v) is 15.1.